The second kappa shape index (κ2) is 9.93. The van der Waals surface area contributed by atoms with Crippen molar-refractivity contribution < 1.29 is 23.8 Å². The van der Waals surface area contributed by atoms with Gasteiger partial charge in [0.1, 0.15) is 0 Å². The minimum absolute atomic E-state index is 0.0885. The summed E-state index contributed by atoms with van der Waals surface area (Å²) in [4.78, 5) is 26.6. The van der Waals surface area contributed by atoms with Gasteiger partial charge in [0.05, 0.1) is 19.8 Å². The fourth-order valence-electron chi connectivity index (χ4n) is 2.99. The van der Waals surface area contributed by atoms with Crippen molar-refractivity contribution >= 4 is 17.5 Å². The van der Waals surface area contributed by atoms with E-state index in [1.54, 1.807) is 23.1 Å². The van der Waals surface area contributed by atoms with E-state index in [0.29, 0.717) is 50.0 Å². The molecule has 0 unspecified atom stereocenters. The number of rotatable bonds is 7. The van der Waals surface area contributed by atoms with Crippen molar-refractivity contribution in [1.82, 2.24) is 4.90 Å². The first-order chi connectivity index (χ1) is 14.1. The van der Waals surface area contributed by atoms with Gasteiger partial charge in [0.15, 0.2) is 18.1 Å². The number of anilines is 1. The van der Waals surface area contributed by atoms with E-state index in [9.17, 15) is 9.59 Å². The van der Waals surface area contributed by atoms with Gasteiger partial charge in [-0.3, -0.25) is 9.59 Å². The van der Waals surface area contributed by atoms with Crippen LogP contribution in [0, 0.1) is 6.92 Å². The Morgan fingerprint density at radius 1 is 1.07 bits per heavy atom. The number of hydrogen-bond donors (Lipinski definition) is 1. The molecule has 2 amide bonds. The summed E-state index contributed by atoms with van der Waals surface area (Å²) in [5.41, 5.74) is 2.18. The second-order valence-electron chi connectivity index (χ2n) is 6.65. The van der Waals surface area contributed by atoms with E-state index >= 15 is 0 Å². The molecular formula is C22H26N2O5. The third kappa shape index (κ3) is 5.48. The van der Waals surface area contributed by atoms with Crippen LogP contribution in [0.3, 0.4) is 0 Å². The summed E-state index contributed by atoms with van der Waals surface area (Å²) in [5, 5.41) is 2.90. The van der Waals surface area contributed by atoms with Crippen LogP contribution in [0.25, 0.3) is 0 Å². The van der Waals surface area contributed by atoms with Crippen molar-refractivity contribution in [2.24, 2.45) is 0 Å². The molecule has 0 aromatic heterocycles. The zero-order chi connectivity index (χ0) is 20.6. The summed E-state index contributed by atoms with van der Waals surface area (Å²) in [7, 11) is 0. The monoisotopic (exact) mass is 398 g/mol. The Kier molecular flexibility index (Phi) is 7.08. The Morgan fingerprint density at radius 3 is 2.55 bits per heavy atom. The smallest absolute Gasteiger partial charge is 0.260 e. The largest absolute Gasteiger partial charge is 0.490 e. The molecule has 3 rings (SSSR count). The number of carbonyl (C=O) groups is 2. The number of amides is 2. The maximum absolute atomic E-state index is 12.6. The lowest BCUT2D eigenvalue weighted by Gasteiger charge is -2.26. The number of ether oxygens (including phenoxy) is 3. The van der Waals surface area contributed by atoms with Gasteiger partial charge in [-0.05, 0) is 43.7 Å². The number of para-hydroxylation sites is 1. The molecule has 154 valence electrons. The predicted octanol–water partition coefficient (Wildman–Crippen LogP) is 2.88. The molecule has 2 aromatic rings. The molecule has 0 bridgehead atoms. The van der Waals surface area contributed by atoms with E-state index in [4.69, 9.17) is 14.2 Å². The third-order valence-corrected chi connectivity index (χ3v) is 4.61. The summed E-state index contributed by atoms with van der Waals surface area (Å²) in [6.07, 6.45) is 0. The molecule has 7 nitrogen and oxygen atoms in total. The first kappa shape index (κ1) is 20.7. The van der Waals surface area contributed by atoms with Crippen LogP contribution >= 0.6 is 0 Å². The van der Waals surface area contributed by atoms with E-state index in [1.165, 1.54) is 0 Å². The lowest BCUT2D eigenvalue weighted by molar-refractivity contribution is -0.137. The molecule has 1 aliphatic heterocycles. The highest BCUT2D eigenvalue weighted by Gasteiger charge is 2.19. The average Bonchev–Trinajstić information content (AvgIpc) is 2.75. The molecule has 1 aliphatic rings. The minimum atomic E-state index is -0.240. The number of aryl methyl sites for hydroxylation is 1. The number of hydrogen-bond acceptors (Lipinski definition) is 5. The molecular weight excluding hydrogens is 372 g/mol. The highest BCUT2D eigenvalue weighted by Crippen LogP contribution is 2.29. The summed E-state index contributed by atoms with van der Waals surface area (Å²) in [6.45, 7) is 6.33. The van der Waals surface area contributed by atoms with Crippen LogP contribution in [-0.4, -0.2) is 56.2 Å². The van der Waals surface area contributed by atoms with Gasteiger partial charge in [-0.25, -0.2) is 0 Å². The zero-order valence-corrected chi connectivity index (χ0v) is 16.8. The quantitative estimate of drug-likeness (QED) is 0.776. The molecule has 1 fully saturated rings. The SMILES string of the molecule is CCOc1cc(C(=O)Nc2ccccc2C)ccc1OCC(=O)N1CCOCC1. The Balaban J connectivity index is 1.68. The van der Waals surface area contributed by atoms with Crippen LogP contribution in [-0.2, 0) is 9.53 Å². The molecule has 2 aromatic carbocycles. The normalized spacial score (nSPS) is 13.7. The predicted molar refractivity (Wildman–Crippen MR) is 110 cm³/mol. The first-order valence-electron chi connectivity index (χ1n) is 9.70. The summed E-state index contributed by atoms with van der Waals surface area (Å²) in [6, 6.07) is 12.5. The van der Waals surface area contributed by atoms with Crippen LogP contribution in [0.15, 0.2) is 42.5 Å². The van der Waals surface area contributed by atoms with E-state index in [-0.39, 0.29) is 18.4 Å². The maximum Gasteiger partial charge on any atom is 0.260 e. The fraction of sp³-hybridized carbons (Fsp3) is 0.364. The summed E-state index contributed by atoms with van der Waals surface area (Å²) >= 11 is 0. The van der Waals surface area contributed by atoms with Crippen molar-refractivity contribution in [2.75, 3.05) is 44.8 Å². The molecule has 1 saturated heterocycles. The molecule has 0 radical (unpaired) electrons. The van der Waals surface area contributed by atoms with Crippen LogP contribution in [0.4, 0.5) is 5.69 Å². The van der Waals surface area contributed by atoms with Crippen LogP contribution < -0.4 is 14.8 Å². The topological polar surface area (TPSA) is 77.1 Å². The number of morpholine rings is 1. The van der Waals surface area contributed by atoms with Crippen LogP contribution in [0.2, 0.25) is 0 Å². The number of nitrogens with zero attached hydrogens (tertiary/aromatic N) is 1. The lowest BCUT2D eigenvalue weighted by Crippen LogP contribution is -2.43. The van der Waals surface area contributed by atoms with Gasteiger partial charge >= 0.3 is 0 Å². The molecule has 0 spiro atoms. The van der Waals surface area contributed by atoms with E-state index in [2.05, 4.69) is 5.32 Å². The molecule has 1 N–H and O–H groups in total. The molecule has 0 atom stereocenters. The van der Waals surface area contributed by atoms with Crippen molar-refractivity contribution in [2.45, 2.75) is 13.8 Å². The third-order valence-electron chi connectivity index (χ3n) is 4.61. The van der Waals surface area contributed by atoms with Gasteiger partial charge in [0.25, 0.3) is 11.8 Å². The van der Waals surface area contributed by atoms with Crippen molar-refractivity contribution in [1.29, 1.82) is 0 Å². The lowest BCUT2D eigenvalue weighted by atomic mass is 10.1. The molecule has 1 heterocycles. The summed E-state index contributed by atoms with van der Waals surface area (Å²) < 4.78 is 16.6. The molecule has 7 heteroatoms. The van der Waals surface area contributed by atoms with Crippen molar-refractivity contribution in [3.63, 3.8) is 0 Å². The van der Waals surface area contributed by atoms with Gasteiger partial charge < -0.3 is 24.4 Å². The Labute approximate surface area is 170 Å². The number of carbonyl (C=O) groups excluding carboxylic acids is 2. The average molecular weight is 398 g/mol. The molecule has 29 heavy (non-hydrogen) atoms. The fourth-order valence-corrected chi connectivity index (χ4v) is 2.99. The van der Waals surface area contributed by atoms with E-state index < -0.39 is 0 Å². The minimum Gasteiger partial charge on any atom is -0.490 e. The van der Waals surface area contributed by atoms with Crippen LogP contribution in [0.5, 0.6) is 11.5 Å². The van der Waals surface area contributed by atoms with Gasteiger partial charge in [0, 0.05) is 24.3 Å². The van der Waals surface area contributed by atoms with E-state index in [1.807, 2.05) is 38.1 Å². The Bertz CT molecular complexity index is 862. The Morgan fingerprint density at radius 2 is 1.83 bits per heavy atom. The first-order valence-corrected chi connectivity index (χ1v) is 9.70. The van der Waals surface area contributed by atoms with Gasteiger partial charge in [0.2, 0.25) is 0 Å². The van der Waals surface area contributed by atoms with Crippen molar-refractivity contribution in [3.8, 4) is 11.5 Å². The summed E-state index contributed by atoms with van der Waals surface area (Å²) in [5.74, 6) is 0.522. The number of nitrogens with one attached hydrogen (secondary N) is 1. The molecule has 0 saturated carbocycles. The number of benzene rings is 2. The van der Waals surface area contributed by atoms with Crippen LogP contribution in [0.1, 0.15) is 22.8 Å². The van der Waals surface area contributed by atoms with Crippen molar-refractivity contribution in [3.05, 3.63) is 53.6 Å². The van der Waals surface area contributed by atoms with Gasteiger partial charge in [-0.2, -0.15) is 0 Å². The molecule has 0 aliphatic carbocycles. The standard InChI is InChI=1S/C22H26N2O5/c1-3-28-20-14-17(22(26)23-18-7-5-4-6-16(18)2)8-9-19(20)29-15-21(25)24-10-12-27-13-11-24/h4-9,14H,3,10-13,15H2,1-2H3,(H,23,26). The van der Waals surface area contributed by atoms with E-state index in [0.717, 1.165) is 11.3 Å². The zero-order valence-electron chi connectivity index (χ0n) is 16.8. The highest BCUT2D eigenvalue weighted by molar-refractivity contribution is 6.05. The highest BCUT2D eigenvalue weighted by atomic mass is 16.5. The van der Waals surface area contributed by atoms with Gasteiger partial charge in [-0.1, -0.05) is 18.2 Å². The maximum atomic E-state index is 12.6. The Hall–Kier alpha value is -3.06. The second-order valence-corrected chi connectivity index (χ2v) is 6.65. The van der Waals surface area contributed by atoms with Gasteiger partial charge in [-0.15, -0.1) is 0 Å².